The number of alkyl halides is 1. The predicted molar refractivity (Wildman–Crippen MR) is 36.6 cm³/mol. The van der Waals surface area contributed by atoms with Gasteiger partial charge in [0.1, 0.15) is 0 Å². The Morgan fingerprint density at radius 2 is 2.20 bits per heavy atom. The zero-order valence-corrected chi connectivity index (χ0v) is 6.43. The van der Waals surface area contributed by atoms with E-state index < -0.39 is 5.97 Å². The summed E-state index contributed by atoms with van der Waals surface area (Å²) in [5.74, 6) is -1.23. The molecule has 1 aliphatic carbocycles. The number of carbonyl (C=O) groups excluding carboxylic acids is 1. The molecule has 2 unspecified atom stereocenters. The van der Waals surface area contributed by atoms with E-state index in [9.17, 15) is 9.90 Å². The summed E-state index contributed by atoms with van der Waals surface area (Å²) in [7, 11) is 0. The van der Waals surface area contributed by atoms with Gasteiger partial charge in [-0.3, -0.25) is 0 Å². The van der Waals surface area contributed by atoms with E-state index in [-0.39, 0.29) is 11.3 Å². The van der Waals surface area contributed by atoms with Gasteiger partial charge in [-0.05, 0) is 25.2 Å². The average molecular weight is 162 g/mol. The maximum absolute atomic E-state index is 10.3. The maximum Gasteiger partial charge on any atom is 0.0445 e. The van der Waals surface area contributed by atoms with Gasteiger partial charge in [0.2, 0.25) is 0 Å². The molecule has 0 aromatic carbocycles. The summed E-state index contributed by atoms with van der Waals surface area (Å²) in [6, 6.07) is 0. The van der Waals surface area contributed by atoms with Crippen LogP contribution in [0, 0.1) is 5.92 Å². The predicted octanol–water partition coefficient (Wildman–Crippen LogP) is 0.534. The second kappa shape index (κ2) is 3.24. The molecule has 0 heterocycles. The molecule has 0 N–H and O–H groups in total. The number of rotatable bonds is 1. The molecule has 1 fully saturated rings. The molecule has 0 aromatic rings. The third-order valence-corrected chi connectivity index (χ3v) is 2.34. The number of hydrogen-bond acceptors (Lipinski definition) is 2. The molecule has 58 valence electrons. The largest absolute Gasteiger partial charge is 0.550 e. The van der Waals surface area contributed by atoms with Crippen LogP contribution in [-0.4, -0.2) is 11.3 Å². The Balaban J connectivity index is 2.39. The Labute approximate surface area is 65.2 Å². The smallest absolute Gasteiger partial charge is 0.0445 e. The monoisotopic (exact) mass is 161 g/mol. The van der Waals surface area contributed by atoms with Crippen molar-refractivity contribution in [2.75, 3.05) is 0 Å². The van der Waals surface area contributed by atoms with Gasteiger partial charge in [-0.15, -0.1) is 11.6 Å². The minimum absolute atomic E-state index is 0.0525. The summed E-state index contributed by atoms with van der Waals surface area (Å²) >= 11 is 5.76. The van der Waals surface area contributed by atoms with E-state index in [1.807, 2.05) is 0 Å². The topological polar surface area (TPSA) is 40.1 Å². The highest BCUT2D eigenvalue weighted by molar-refractivity contribution is 6.20. The molecule has 0 amide bonds. The quantitative estimate of drug-likeness (QED) is 0.527. The van der Waals surface area contributed by atoms with E-state index in [4.69, 9.17) is 11.6 Å². The summed E-state index contributed by atoms with van der Waals surface area (Å²) in [6.07, 6.45) is 3.20. The minimum atomic E-state index is -0.939. The molecule has 0 saturated heterocycles. The Morgan fingerprint density at radius 3 is 2.60 bits per heavy atom. The summed E-state index contributed by atoms with van der Waals surface area (Å²) in [4.78, 5) is 10.3. The Hall–Kier alpha value is -0.240. The molecule has 0 bridgehead atoms. The summed E-state index contributed by atoms with van der Waals surface area (Å²) in [6.45, 7) is 0. The number of halogens is 1. The van der Waals surface area contributed by atoms with Gasteiger partial charge in [-0.25, -0.2) is 0 Å². The van der Waals surface area contributed by atoms with Crippen molar-refractivity contribution in [2.45, 2.75) is 31.1 Å². The van der Waals surface area contributed by atoms with E-state index in [0.717, 1.165) is 19.3 Å². The van der Waals surface area contributed by atoms with Crippen molar-refractivity contribution in [3.05, 3.63) is 0 Å². The van der Waals surface area contributed by atoms with Crippen molar-refractivity contribution in [1.82, 2.24) is 0 Å². The molecule has 0 aliphatic heterocycles. The van der Waals surface area contributed by atoms with Crippen LogP contribution >= 0.6 is 11.6 Å². The van der Waals surface area contributed by atoms with Crippen molar-refractivity contribution in [1.29, 1.82) is 0 Å². The van der Waals surface area contributed by atoms with Crippen molar-refractivity contribution in [2.24, 2.45) is 5.92 Å². The summed E-state index contributed by atoms with van der Waals surface area (Å²) < 4.78 is 0. The normalized spacial score (nSPS) is 33.7. The fraction of sp³-hybridized carbons (Fsp3) is 0.857. The Bertz CT molecular complexity index is 136. The van der Waals surface area contributed by atoms with Crippen LogP contribution in [-0.2, 0) is 4.79 Å². The summed E-state index contributed by atoms with van der Waals surface area (Å²) in [5.41, 5.74) is 0. The van der Waals surface area contributed by atoms with Crippen LogP contribution in [0.3, 0.4) is 0 Å². The van der Waals surface area contributed by atoms with Crippen molar-refractivity contribution < 1.29 is 9.90 Å². The van der Waals surface area contributed by atoms with Gasteiger partial charge >= 0.3 is 0 Å². The Kier molecular flexibility index (Phi) is 2.55. The lowest BCUT2D eigenvalue weighted by Gasteiger charge is -2.25. The van der Waals surface area contributed by atoms with Crippen LogP contribution < -0.4 is 5.11 Å². The van der Waals surface area contributed by atoms with Crippen molar-refractivity contribution >= 4 is 17.6 Å². The molecule has 10 heavy (non-hydrogen) atoms. The molecule has 0 aromatic heterocycles. The first-order valence-corrected chi connectivity index (χ1v) is 3.98. The molecule has 2 nitrogen and oxygen atoms in total. The standard InChI is InChI=1S/C7H11ClO2/c8-6-3-1-2-5(4-6)7(9)10/h5-6H,1-4H2,(H,9,10)/p-1. The zero-order chi connectivity index (χ0) is 7.56. The van der Waals surface area contributed by atoms with Crippen LogP contribution in [0.5, 0.6) is 0 Å². The minimum Gasteiger partial charge on any atom is -0.550 e. The zero-order valence-electron chi connectivity index (χ0n) is 5.68. The van der Waals surface area contributed by atoms with Gasteiger partial charge in [0.05, 0.1) is 0 Å². The number of carboxylic acid groups (broad SMARTS) is 1. The first-order chi connectivity index (χ1) is 4.70. The first-order valence-electron chi connectivity index (χ1n) is 3.55. The molecule has 1 saturated carbocycles. The van der Waals surface area contributed by atoms with Gasteiger partial charge in [-0.1, -0.05) is 6.42 Å². The molecule has 3 heteroatoms. The van der Waals surface area contributed by atoms with E-state index >= 15 is 0 Å². The van der Waals surface area contributed by atoms with Crippen LogP contribution in [0.25, 0.3) is 0 Å². The SMILES string of the molecule is O=C([O-])C1CCCC(Cl)C1. The molecular formula is C7H10ClO2-. The van der Waals surface area contributed by atoms with Crippen LogP contribution in [0.1, 0.15) is 25.7 Å². The van der Waals surface area contributed by atoms with E-state index in [1.54, 1.807) is 0 Å². The highest BCUT2D eigenvalue weighted by atomic mass is 35.5. The van der Waals surface area contributed by atoms with Gasteiger partial charge in [0.15, 0.2) is 0 Å². The van der Waals surface area contributed by atoms with Crippen LogP contribution in [0.15, 0.2) is 0 Å². The molecule has 0 radical (unpaired) electrons. The van der Waals surface area contributed by atoms with E-state index in [0.29, 0.717) is 6.42 Å². The summed E-state index contributed by atoms with van der Waals surface area (Å²) in [5, 5.41) is 10.4. The number of hydrogen-bond donors (Lipinski definition) is 0. The maximum atomic E-state index is 10.3. The third kappa shape index (κ3) is 1.87. The van der Waals surface area contributed by atoms with E-state index in [1.165, 1.54) is 0 Å². The molecule has 0 spiro atoms. The molecule has 2 atom stereocenters. The lowest BCUT2D eigenvalue weighted by atomic mass is 9.89. The van der Waals surface area contributed by atoms with Gasteiger partial charge < -0.3 is 9.90 Å². The fourth-order valence-corrected chi connectivity index (χ4v) is 1.71. The van der Waals surface area contributed by atoms with Gasteiger partial charge in [-0.2, -0.15) is 0 Å². The average Bonchev–Trinajstić information content (AvgIpc) is 1.88. The lowest BCUT2D eigenvalue weighted by molar-refractivity contribution is -0.312. The highest BCUT2D eigenvalue weighted by Gasteiger charge is 2.20. The fourth-order valence-electron chi connectivity index (χ4n) is 1.34. The van der Waals surface area contributed by atoms with Crippen molar-refractivity contribution in [3.63, 3.8) is 0 Å². The number of carbonyl (C=O) groups is 1. The van der Waals surface area contributed by atoms with Gasteiger partial charge in [0.25, 0.3) is 0 Å². The second-order valence-electron chi connectivity index (χ2n) is 2.78. The molecule has 1 aliphatic rings. The van der Waals surface area contributed by atoms with Crippen LogP contribution in [0.4, 0.5) is 0 Å². The second-order valence-corrected chi connectivity index (χ2v) is 3.40. The molecular weight excluding hydrogens is 152 g/mol. The first kappa shape index (κ1) is 7.86. The number of aliphatic carboxylic acids is 1. The van der Waals surface area contributed by atoms with Gasteiger partial charge in [0, 0.05) is 11.3 Å². The third-order valence-electron chi connectivity index (χ3n) is 1.94. The Morgan fingerprint density at radius 1 is 1.50 bits per heavy atom. The lowest BCUT2D eigenvalue weighted by Crippen LogP contribution is -2.34. The van der Waals surface area contributed by atoms with Crippen molar-refractivity contribution in [3.8, 4) is 0 Å². The van der Waals surface area contributed by atoms with E-state index in [2.05, 4.69) is 0 Å². The van der Waals surface area contributed by atoms with Crippen LogP contribution in [0.2, 0.25) is 0 Å². The number of carboxylic acids is 1. The highest BCUT2D eigenvalue weighted by Crippen LogP contribution is 2.26. The molecule has 1 rings (SSSR count).